The SMILES string of the molecule is CN=C(NCc1cc(F)cc(Br)c1)N1CCN(Cc2ccon2)CC1. The Bertz CT molecular complexity index is 694. The Labute approximate surface area is 154 Å². The van der Waals surface area contributed by atoms with Crippen molar-refractivity contribution in [2.45, 2.75) is 13.1 Å². The van der Waals surface area contributed by atoms with Crippen LogP contribution in [0.3, 0.4) is 0 Å². The van der Waals surface area contributed by atoms with E-state index in [2.05, 4.69) is 41.2 Å². The van der Waals surface area contributed by atoms with Gasteiger partial charge in [-0.1, -0.05) is 21.1 Å². The summed E-state index contributed by atoms with van der Waals surface area (Å²) in [4.78, 5) is 8.91. The van der Waals surface area contributed by atoms with E-state index in [0.717, 1.165) is 54.4 Å². The van der Waals surface area contributed by atoms with Crippen LogP contribution in [0, 0.1) is 5.82 Å². The second kappa shape index (κ2) is 8.44. The Morgan fingerprint density at radius 3 is 2.76 bits per heavy atom. The number of piperazine rings is 1. The summed E-state index contributed by atoms with van der Waals surface area (Å²) in [6.07, 6.45) is 1.60. The van der Waals surface area contributed by atoms with Crippen molar-refractivity contribution in [3.8, 4) is 0 Å². The topological polar surface area (TPSA) is 56.9 Å². The molecule has 134 valence electrons. The van der Waals surface area contributed by atoms with Crippen molar-refractivity contribution in [2.24, 2.45) is 4.99 Å². The highest BCUT2D eigenvalue weighted by Crippen LogP contribution is 2.15. The smallest absolute Gasteiger partial charge is 0.194 e. The fraction of sp³-hybridized carbons (Fsp3) is 0.412. The fourth-order valence-corrected chi connectivity index (χ4v) is 3.41. The van der Waals surface area contributed by atoms with Crippen molar-refractivity contribution in [3.63, 3.8) is 0 Å². The first-order valence-corrected chi connectivity index (χ1v) is 8.95. The second-order valence-electron chi connectivity index (χ2n) is 5.93. The summed E-state index contributed by atoms with van der Waals surface area (Å²) in [6, 6.07) is 6.77. The van der Waals surface area contributed by atoms with Gasteiger partial charge in [-0.25, -0.2) is 4.39 Å². The van der Waals surface area contributed by atoms with Crippen LogP contribution < -0.4 is 5.32 Å². The first-order valence-electron chi connectivity index (χ1n) is 8.16. The van der Waals surface area contributed by atoms with Gasteiger partial charge < -0.3 is 14.7 Å². The van der Waals surface area contributed by atoms with Crippen molar-refractivity contribution in [2.75, 3.05) is 33.2 Å². The minimum absolute atomic E-state index is 0.248. The molecule has 0 radical (unpaired) electrons. The van der Waals surface area contributed by atoms with Crippen LogP contribution in [0.25, 0.3) is 0 Å². The molecule has 1 aromatic carbocycles. The first kappa shape index (κ1) is 17.9. The molecule has 0 bridgehead atoms. The number of rotatable bonds is 4. The van der Waals surface area contributed by atoms with Crippen LogP contribution in [0.15, 0.2) is 44.5 Å². The molecule has 0 atom stereocenters. The van der Waals surface area contributed by atoms with Crippen molar-refractivity contribution in [3.05, 3.63) is 52.1 Å². The summed E-state index contributed by atoms with van der Waals surface area (Å²) >= 11 is 3.32. The van der Waals surface area contributed by atoms with Gasteiger partial charge in [0, 0.05) is 56.9 Å². The molecule has 0 aliphatic carbocycles. The molecule has 1 aliphatic heterocycles. The number of halogens is 2. The summed E-state index contributed by atoms with van der Waals surface area (Å²) in [5.41, 5.74) is 1.82. The number of benzene rings is 1. The number of nitrogens with one attached hydrogen (secondary N) is 1. The van der Waals surface area contributed by atoms with E-state index in [4.69, 9.17) is 4.52 Å². The lowest BCUT2D eigenvalue weighted by Crippen LogP contribution is -2.52. The van der Waals surface area contributed by atoms with Gasteiger partial charge in [0.2, 0.25) is 0 Å². The normalized spacial score (nSPS) is 16.3. The number of aliphatic imine (C=N–C) groups is 1. The van der Waals surface area contributed by atoms with Crippen LogP contribution in [-0.4, -0.2) is 54.1 Å². The minimum atomic E-state index is -0.248. The van der Waals surface area contributed by atoms with E-state index in [1.165, 1.54) is 12.1 Å². The van der Waals surface area contributed by atoms with E-state index in [9.17, 15) is 4.39 Å². The van der Waals surface area contributed by atoms with Crippen molar-refractivity contribution in [1.29, 1.82) is 0 Å². The van der Waals surface area contributed by atoms with E-state index in [1.807, 2.05) is 12.1 Å². The molecule has 2 heterocycles. The van der Waals surface area contributed by atoms with Gasteiger partial charge in [-0.05, 0) is 23.8 Å². The number of aromatic nitrogens is 1. The molecule has 0 amide bonds. The molecule has 1 fully saturated rings. The van der Waals surface area contributed by atoms with Crippen LogP contribution in [0.2, 0.25) is 0 Å². The van der Waals surface area contributed by atoms with Gasteiger partial charge in [0.15, 0.2) is 5.96 Å². The predicted molar refractivity (Wildman–Crippen MR) is 97.7 cm³/mol. The Balaban J connectivity index is 1.50. The average Bonchev–Trinajstić information content (AvgIpc) is 3.09. The molecule has 2 aromatic rings. The average molecular weight is 410 g/mol. The monoisotopic (exact) mass is 409 g/mol. The summed E-state index contributed by atoms with van der Waals surface area (Å²) in [5.74, 6) is 0.587. The standard InChI is InChI=1S/C17H21BrFN5O/c1-20-17(21-11-13-8-14(18)10-15(19)9-13)24-5-3-23(4-6-24)12-16-2-7-25-22-16/h2,7-10H,3-6,11-12H2,1H3,(H,20,21). The molecule has 6 nitrogen and oxygen atoms in total. The summed E-state index contributed by atoms with van der Waals surface area (Å²) in [7, 11) is 1.77. The Morgan fingerprint density at radius 2 is 2.12 bits per heavy atom. The zero-order valence-corrected chi connectivity index (χ0v) is 15.7. The van der Waals surface area contributed by atoms with Crippen LogP contribution >= 0.6 is 15.9 Å². The van der Waals surface area contributed by atoms with Gasteiger partial charge in [-0.2, -0.15) is 0 Å². The molecular formula is C17H21BrFN5O. The predicted octanol–water partition coefficient (Wildman–Crippen LogP) is 2.47. The lowest BCUT2D eigenvalue weighted by molar-refractivity contribution is 0.169. The van der Waals surface area contributed by atoms with Crippen LogP contribution in [0.1, 0.15) is 11.3 Å². The van der Waals surface area contributed by atoms with Crippen LogP contribution in [-0.2, 0) is 13.1 Å². The summed E-state index contributed by atoms with van der Waals surface area (Å²) in [6.45, 7) is 4.95. The Morgan fingerprint density at radius 1 is 1.32 bits per heavy atom. The third-order valence-electron chi connectivity index (χ3n) is 4.13. The van der Waals surface area contributed by atoms with E-state index in [1.54, 1.807) is 13.3 Å². The number of nitrogens with zero attached hydrogens (tertiary/aromatic N) is 4. The molecule has 1 saturated heterocycles. The maximum absolute atomic E-state index is 13.5. The maximum Gasteiger partial charge on any atom is 0.194 e. The van der Waals surface area contributed by atoms with Crippen LogP contribution in [0.4, 0.5) is 4.39 Å². The Kier molecular flexibility index (Phi) is 6.04. The summed E-state index contributed by atoms with van der Waals surface area (Å²) < 4.78 is 19.1. The van der Waals surface area contributed by atoms with E-state index in [-0.39, 0.29) is 5.82 Å². The highest BCUT2D eigenvalue weighted by atomic mass is 79.9. The zero-order chi connectivity index (χ0) is 17.6. The molecule has 1 N–H and O–H groups in total. The van der Waals surface area contributed by atoms with Crippen molar-refractivity contribution >= 4 is 21.9 Å². The maximum atomic E-state index is 13.5. The first-order chi connectivity index (χ1) is 12.1. The molecule has 0 unspecified atom stereocenters. The van der Waals surface area contributed by atoms with Gasteiger partial charge >= 0.3 is 0 Å². The second-order valence-corrected chi connectivity index (χ2v) is 6.85. The van der Waals surface area contributed by atoms with Gasteiger partial charge in [0.25, 0.3) is 0 Å². The molecule has 8 heteroatoms. The van der Waals surface area contributed by atoms with Gasteiger partial charge in [-0.15, -0.1) is 0 Å². The Hall–Kier alpha value is -1.93. The fourth-order valence-electron chi connectivity index (χ4n) is 2.89. The largest absolute Gasteiger partial charge is 0.364 e. The molecule has 1 aliphatic rings. The molecule has 25 heavy (non-hydrogen) atoms. The van der Waals surface area contributed by atoms with Crippen LogP contribution in [0.5, 0.6) is 0 Å². The van der Waals surface area contributed by atoms with Gasteiger partial charge in [0.1, 0.15) is 12.1 Å². The summed E-state index contributed by atoms with van der Waals surface area (Å²) in [5, 5.41) is 7.27. The van der Waals surface area contributed by atoms with E-state index in [0.29, 0.717) is 6.54 Å². The highest BCUT2D eigenvalue weighted by Gasteiger charge is 2.20. The van der Waals surface area contributed by atoms with Gasteiger partial charge in [0.05, 0.1) is 5.69 Å². The molecule has 0 spiro atoms. The highest BCUT2D eigenvalue weighted by molar-refractivity contribution is 9.10. The molecule has 3 rings (SSSR count). The van der Waals surface area contributed by atoms with E-state index >= 15 is 0 Å². The third-order valence-corrected chi connectivity index (χ3v) is 4.59. The number of guanidine groups is 1. The van der Waals surface area contributed by atoms with E-state index < -0.39 is 0 Å². The zero-order valence-electron chi connectivity index (χ0n) is 14.1. The lowest BCUT2D eigenvalue weighted by Gasteiger charge is -2.36. The molecular weight excluding hydrogens is 389 g/mol. The van der Waals surface area contributed by atoms with Gasteiger partial charge in [-0.3, -0.25) is 9.89 Å². The number of hydrogen-bond acceptors (Lipinski definition) is 4. The quantitative estimate of drug-likeness (QED) is 0.620. The van der Waals surface area contributed by atoms with Crippen molar-refractivity contribution in [1.82, 2.24) is 20.3 Å². The third kappa shape index (κ3) is 5.02. The minimum Gasteiger partial charge on any atom is -0.364 e. The molecule has 1 aromatic heterocycles. The lowest BCUT2D eigenvalue weighted by atomic mass is 10.2. The van der Waals surface area contributed by atoms with Crippen molar-refractivity contribution < 1.29 is 8.91 Å². The molecule has 0 saturated carbocycles. The number of hydrogen-bond donors (Lipinski definition) is 1.